The second kappa shape index (κ2) is 5.89. The smallest absolute Gasteiger partial charge is 0.337 e. The van der Waals surface area contributed by atoms with Gasteiger partial charge in [0.2, 0.25) is 10.0 Å². The van der Waals surface area contributed by atoms with Crippen LogP contribution in [0.5, 0.6) is 0 Å². The highest BCUT2D eigenvalue weighted by Gasteiger charge is 2.25. The lowest BCUT2D eigenvalue weighted by Gasteiger charge is -2.22. The molecule has 1 saturated heterocycles. The molecule has 6 nitrogen and oxygen atoms in total. The highest BCUT2D eigenvalue weighted by molar-refractivity contribution is 7.89. The molecule has 1 aliphatic heterocycles. The van der Waals surface area contributed by atoms with Crippen molar-refractivity contribution in [3.63, 3.8) is 0 Å². The second-order valence-electron chi connectivity index (χ2n) is 6.53. The molecule has 0 bridgehead atoms. The van der Waals surface area contributed by atoms with Crippen LogP contribution in [0.4, 0.5) is 5.69 Å². The molecule has 7 heteroatoms. The molecule has 2 rings (SSSR count). The highest BCUT2D eigenvalue weighted by atomic mass is 32.2. The number of sulfonamides is 1. The van der Waals surface area contributed by atoms with E-state index in [1.54, 1.807) is 26.8 Å². The lowest BCUT2D eigenvalue weighted by molar-refractivity contribution is 0.0697. The first-order valence-corrected chi connectivity index (χ1v) is 8.75. The first-order valence-electron chi connectivity index (χ1n) is 7.26. The molecule has 122 valence electrons. The van der Waals surface area contributed by atoms with Crippen molar-refractivity contribution in [2.24, 2.45) is 0 Å². The monoisotopic (exact) mass is 326 g/mol. The maximum absolute atomic E-state index is 12.3. The van der Waals surface area contributed by atoms with Gasteiger partial charge in [0, 0.05) is 18.6 Å². The van der Waals surface area contributed by atoms with Gasteiger partial charge in [-0.15, -0.1) is 0 Å². The largest absolute Gasteiger partial charge is 0.478 e. The second-order valence-corrected chi connectivity index (χ2v) is 8.22. The number of hydrogen-bond acceptors (Lipinski definition) is 4. The first-order chi connectivity index (χ1) is 10.1. The summed E-state index contributed by atoms with van der Waals surface area (Å²) < 4.78 is 27.2. The van der Waals surface area contributed by atoms with Gasteiger partial charge in [-0.3, -0.25) is 0 Å². The molecule has 2 N–H and O–H groups in total. The van der Waals surface area contributed by atoms with Crippen molar-refractivity contribution in [3.05, 3.63) is 23.8 Å². The van der Waals surface area contributed by atoms with Crippen LogP contribution in [0.2, 0.25) is 0 Å². The van der Waals surface area contributed by atoms with E-state index in [1.165, 1.54) is 12.1 Å². The molecule has 0 aliphatic carbocycles. The van der Waals surface area contributed by atoms with Crippen LogP contribution >= 0.6 is 0 Å². The summed E-state index contributed by atoms with van der Waals surface area (Å²) in [5, 5.41) is 9.41. The number of carboxylic acids is 1. The van der Waals surface area contributed by atoms with Gasteiger partial charge >= 0.3 is 5.97 Å². The Labute approximate surface area is 131 Å². The fourth-order valence-electron chi connectivity index (χ4n) is 2.55. The van der Waals surface area contributed by atoms with Gasteiger partial charge < -0.3 is 10.0 Å². The summed E-state index contributed by atoms with van der Waals surface area (Å²) >= 11 is 0. The van der Waals surface area contributed by atoms with Crippen LogP contribution in [-0.4, -0.2) is 38.1 Å². The van der Waals surface area contributed by atoms with Gasteiger partial charge in [0.25, 0.3) is 0 Å². The van der Waals surface area contributed by atoms with Gasteiger partial charge in [0.15, 0.2) is 0 Å². The zero-order valence-corrected chi connectivity index (χ0v) is 13.9. The maximum atomic E-state index is 12.3. The molecule has 0 saturated carbocycles. The lowest BCUT2D eigenvalue weighted by Crippen LogP contribution is -2.40. The van der Waals surface area contributed by atoms with Crippen molar-refractivity contribution in [1.29, 1.82) is 0 Å². The van der Waals surface area contributed by atoms with Crippen molar-refractivity contribution >= 4 is 21.7 Å². The van der Waals surface area contributed by atoms with E-state index in [1.807, 2.05) is 4.90 Å². The topological polar surface area (TPSA) is 86.7 Å². The first kappa shape index (κ1) is 16.8. The normalized spacial score (nSPS) is 16.0. The van der Waals surface area contributed by atoms with Crippen molar-refractivity contribution in [2.75, 3.05) is 18.0 Å². The molecule has 1 aromatic carbocycles. The number of carboxylic acid groups (broad SMARTS) is 1. The molecule has 0 radical (unpaired) electrons. The van der Waals surface area contributed by atoms with E-state index in [9.17, 15) is 18.3 Å². The maximum Gasteiger partial charge on any atom is 0.337 e. The standard InChI is InChI=1S/C15H22N2O4S/c1-15(2,3)16-22(20,21)11-6-7-13(12(10-11)14(18)19)17-8-4-5-9-17/h6-7,10,16H,4-5,8-9H2,1-3H3,(H,18,19). The quantitative estimate of drug-likeness (QED) is 0.884. The van der Waals surface area contributed by atoms with Crippen molar-refractivity contribution in [1.82, 2.24) is 4.72 Å². The highest BCUT2D eigenvalue weighted by Crippen LogP contribution is 2.27. The zero-order valence-electron chi connectivity index (χ0n) is 13.1. The SMILES string of the molecule is CC(C)(C)NS(=O)(=O)c1ccc(N2CCCC2)c(C(=O)O)c1. The number of carbonyl (C=O) groups is 1. The Morgan fingerprint density at radius 2 is 1.82 bits per heavy atom. The van der Waals surface area contributed by atoms with Crippen LogP contribution in [0, 0.1) is 0 Å². The number of rotatable bonds is 4. The fourth-order valence-corrected chi connectivity index (χ4v) is 3.99. The average Bonchev–Trinajstić information content (AvgIpc) is 2.88. The summed E-state index contributed by atoms with van der Waals surface area (Å²) in [6, 6.07) is 4.30. The molecule has 0 aromatic heterocycles. The van der Waals surface area contributed by atoms with Gasteiger partial charge in [-0.2, -0.15) is 0 Å². The summed E-state index contributed by atoms with van der Waals surface area (Å²) in [4.78, 5) is 13.5. The van der Waals surface area contributed by atoms with Crippen LogP contribution < -0.4 is 9.62 Å². The van der Waals surface area contributed by atoms with E-state index >= 15 is 0 Å². The number of aromatic carboxylic acids is 1. The van der Waals surface area contributed by atoms with E-state index in [0.717, 1.165) is 25.9 Å². The lowest BCUT2D eigenvalue weighted by atomic mass is 10.1. The van der Waals surface area contributed by atoms with Crippen molar-refractivity contribution in [3.8, 4) is 0 Å². The minimum Gasteiger partial charge on any atom is -0.478 e. The number of hydrogen-bond donors (Lipinski definition) is 2. The molecule has 0 amide bonds. The molecule has 0 spiro atoms. The van der Waals surface area contributed by atoms with E-state index in [-0.39, 0.29) is 10.5 Å². The van der Waals surface area contributed by atoms with Gasteiger partial charge in [0.05, 0.1) is 16.1 Å². The Hall–Kier alpha value is -1.60. The molecule has 1 fully saturated rings. The van der Waals surface area contributed by atoms with E-state index < -0.39 is 21.5 Å². The van der Waals surface area contributed by atoms with Crippen LogP contribution in [0.1, 0.15) is 44.0 Å². The van der Waals surface area contributed by atoms with Gasteiger partial charge in [-0.1, -0.05) is 0 Å². The Kier molecular flexibility index (Phi) is 4.49. The molecule has 0 atom stereocenters. The minimum atomic E-state index is -3.75. The molecular weight excluding hydrogens is 304 g/mol. The zero-order chi connectivity index (χ0) is 16.5. The van der Waals surface area contributed by atoms with Crippen molar-refractivity contribution < 1.29 is 18.3 Å². The van der Waals surface area contributed by atoms with Gasteiger partial charge in [0.1, 0.15) is 0 Å². The minimum absolute atomic E-state index is 0.0252. The van der Waals surface area contributed by atoms with Gasteiger partial charge in [-0.25, -0.2) is 17.9 Å². The summed E-state index contributed by atoms with van der Waals surface area (Å²) in [5.41, 5.74) is -0.0195. The number of nitrogens with zero attached hydrogens (tertiary/aromatic N) is 1. The predicted octanol–water partition coefficient (Wildman–Crippen LogP) is 2.06. The summed E-state index contributed by atoms with van der Waals surface area (Å²) in [6.45, 7) is 6.81. The Morgan fingerprint density at radius 1 is 1.23 bits per heavy atom. The number of benzene rings is 1. The summed E-state index contributed by atoms with van der Waals surface area (Å²) in [6.07, 6.45) is 2.04. The van der Waals surface area contributed by atoms with Crippen molar-refractivity contribution in [2.45, 2.75) is 44.0 Å². The third-order valence-electron chi connectivity index (χ3n) is 3.40. The fraction of sp³-hybridized carbons (Fsp3) is 0.533. The van der Waals surface area contributed by atoms with E-state index in [2.05, 4.69) is 4.72 Å². The summed E-state index contributed by atoms with van der Waals surface area (Å²) in [5.74, 6) is -1.12. The van der Waals surface area contributed by atoms with Crippen LogP contribution in [0.25, 0.3) is 0 Å². The van der Waals surface area contributed by atoms with E-state index in [0.29, 0.717) is 5.69 Å². The van der Waals surface area contributed by atoms with Crippen LogP contribution in [0.3, 0.4) is 0 Å². The van der Waals surface area contributed by atoms with Crippen LogP contribution in [-0.2, 0) is 10.0 Å². The van der Waals surface area contributed by atoms with Gasteiger partial charge in [-0.05, 0) is 51.8 Å². The summed E-state index contributed by atoms with van der Waals surface area (Å²) in [7, 11) is -3.75. The molecule has 1 aromatic rings. The number of nitrogens with one attached hydrogen (secondary N) is 1. The Bertz CT molecular complexity index is 671. The molecule has 22 heavy (non-hydrogen) atoms. The van der Waals surface area contributed by atoms with E-state index in [4.69, 9.17) is 0 Å². The predicted molar refractivity (Wildman–Crippen MR) is 84.9 cm³/mol. The Balaban J connectivity index is 2.43. The molecule has 1 aliphatic rings. The molecular formula is C15H22N2O4S. The number of anilines is 1. The third kappa shape index (κ3) is 3.78. The molecule has 1 heterocycles. The Morgan fingerprint density at radius 3 is 2.32 bits per heavy atom. The third-order valence-corrected chi connectivity index (χ3v) is 5.15. The molecule has 0 unspecified atom stereocenters. The van der Waals surface area contributed by atoms with Crippen LogP contribution in [0.15, 0.2) is 23.1 Å². The average molecular weight is 326 g/mol.